The van der Waals surface area contributed by atoms with Crippen molar-refractivity contribution in [2.45, 2.75) is 26.8 Å². The summed E-state index contributed by atoms with van der Waals surface area (Å²) in [5.41, 5.74) is 0.935. The van der Waals surface area contributed by atoms with E-state index in [0.717, 1.165) is 0 Å². The summed E-state index contributed by atoms with van der Waals surface area (Å²) < 4.78 is 32.3. The number of terminal acetylenes is 1. The van der Waals surface area contributed by atoms with Crippen LogP contribution in [0.1, 0.15) is 31.1 Å². The fraction of sp³-hybridized carbons (Fsp3) is 0.160. The third-order valence-electron chi connectivity index (χ3n) is 4.86. The van der Waals surface area contributed by atoms with Crippen molar-refractivity contribution in [3.8, 4) is 35.2 Å². The Hall–Kier alpha value is -4.76. The van der Waals surface area contributed by atoms with Gasteiger partial charge in [-0.1, -0.05) is 29.3 Å². The second kappa shape index (κ2) is 11.3. The van der Waals surface area contributed by atoms with E-state index in [2.05, 4.69) is 21.4 Å². The molecule has 0 aliphatic carbocycles. The number of rotatable bonds is 9. The molecule has 0 saturated heterocycles. The van der Waals surface area contributed by atoms with Gasteiger partial charge in [-0.3, -0.25) is 14.9 Å². The predicted octanol–water partition coefficient (Wildman–Crippen LogP) is 4.28. The first-order valence-electron chi connectivity index (χ1n) is 10.9. The maximum atomic E-state index is 12.7. The Morgan fingerprint density at radius 2 is 1.97 bits per heavy atom. The number of hydrogen-bond acceptors (Lipinski definition) is 9. The molecule has 0 aliphatic heterocycles. The molecule has 0 saturated carbocycles. The molecule has 0 spiro atoms. The van der Waals surface area contributed by atoms with Gasteiger partial charge in [0.25, 0.3) is 27.5 Å². The minimum Gasteiger partial charge on any atom is -0.377 e. The highest BCUT2D eigenvalue weighted by Gasteiger charge is 2.21. The number of benzene rings is 2. The van der Waals surface area contributed by atoms with Crippen molar-refractivity contribution in [1.82, 2.24) is 14.9 Å². The van der Waals surface area contributed by atoms with Gasteiger partial charge < -0.3 is 9.84 Å². The van der Waals surface area contributed by atoms with Gasteiger partial charge in [-0.2, -0.15) is 4.98 Å². The molecule has 1 aromatic heterocycles. The quantitative estimate of drug-likeness (QED) is 0.181. The molecule has 11 nitrogen and oxygen atoms in total. The number of allylic oxidation sites excluding steroid dienone is 3. The minimum atomic E-state index is -4.15. The zero-order chi connectivity index (χ0) is 27.2. The van der Waals surface area contributed by atoms with E-state index in [1.165, 1.54) is 49.4 Å². The molecule has 0 aliphatic rings. The van der Waals surface area contributed by atoms with Crippen LogP contribution in [0.15, 0.2) is 70.1 Å². The summed E-state index contributed by atoms with van der Waals surface area (Å²) in [4.78, 5) is 27.8. The molecule has 1 heterocycles. The van der Waals surface area contributed by atoms with E-state index in [9.17, 15) is 23.3 Å². The Morgan fingerprint density at radius 1 is 1.22 bits per heavy atom. The number of amides is 1. The standard InChI is InChI=1S/C25H23N5O6S/c1-5-7-11-20(6-2)37(34,35)29-24(31)18-10-8-9-17(14-18)23-27-25(36-28-23)19-12-13-21(26-16(3)4)22(15-19)30(32)33/h1,6-16,26H,2-4H3,(H,29,31)/b11-7-,20-6+. The van der Waals surface area contributed by atoms with Crippen LogP contribution in [-0.4, -0.2) is 35.4 Å². The number of nitrogens with one attached hydrogen (secondary N) is 2. The number of nitrogens with zero attached hydrogens (tertiary/aromatic N) is 3. The number of anilines is 1. The summed E-state index contributed by atoms with van der Waals surface area (Å²) in [6, 6.07) is 10.4. The first-order valence-corrected chi connectivity index (χ1v) is 12.4. The third kappa shape index (κ3) is 6.47. The second-order valence-electron chi connectivity index (χ2n) is 7.92. The maximum absolute atomic E-state index is 12.7. The van der Waals surface area contributed by atoms with Gasteiger partial charge in [-0.25, -0.2) is 13.1 Å². The van der Waals surface area contributed by atoms with Crippen LogP contribution in [-0.2, 0) is 10.0 Å². The normalized spacial score (nSPS) is 11.9. The minimum absolute atomic E-state index is 0.0111. The average Bonchev–Trinajstić information content (AvgIpc) is 3.34. The molecule has 0 atom stereocenters. The zero-order valence-electron chi connectivity index (χ0n) is 20.1. The lowest BCUT2D eigenvalue weighted by Gasteiger charge is -2.10. The molecule has 1 amide bonds. The maximum Gasteiger partial charge on any atom is 0.293 e. The van der Waals surface area contributed by atoms with Crippen molar-refractivity contribution in [3.05, 3.63) is 81.3 Å². The Kier molecular flexibility index (Phi) is 8.21. The van der Waals surface area contributed by atoms with Gasteiger partial charge in [-0.05, 0) is 57.2 Å². The van der Waals surface area contributed by atoms with Gasteiger partial charge in [0.15, 0.2) is 0 Å². The molecule has 190 valence electrons. The van der Waals surface area contributed by atoms with Crippen molar-refractivity contribution in [2.24, 2.45) is 0 Å². The SMILES string of the molecule is C#C/C=C\C(=C/C)S(=O)(=O)NC(=O)c1cccc(-c2noc(-c3ccc(NC(C)C)c([N+](=O)[O-])c3)n2)c1. The van der Waals surface area contributed by atoms with E-state index in [4.69, 9.17) is 10.9 Å². The Bertz CT molecular complexity index is 1550. The summed E-state index contributed by atoms with van der Waals surface area (Å²) in [7, 11) is -4.15. The molecule has 2 aromatic carbocycles. The lowest BCUT2D eigenvalue weighted by atomic mass is 10.1. The largest absolute Gasteiger partial charge is 0.377 e. The van der Waals surface area contributed by atoms with E-state index < -0.39 is 20.9 Å². The van der Waals surface area contributed by atoms with Crippen LogP contribution in [0.4, 0.5) is 11.4 Å². The van der Waals surface area contributed by atoms with Crippen molar-refractivity contribution in [3.63, 3.8) is 0 Å². The summed E-state index contributed by atoms with van der Waals surface area (Å²) in [6.45, 7) is 5.22. The molecular formula is C25H23N5O6S. The van der Waals surface area contributed by atoms with Gasteiger partial charge in [0.2, 0.25) is 5.82 Å². The van der Waals surface area contributed by atoms with E-state index in [1.54, 1.807) is 18.2 Å². The molecule has 0 unspecified atom stereocenters. The number of nitro groups is 1. The highest BCUT2D eigenvalue weighted by atomic mass is 32.2. The number of carbonyl (C=O) groups excluding carboxylic acids is 1. The van der Waals surface area contributed by atoms with Crippen molar-refractivity contribution < 1.29 is 22.7 Å². The van der Waals surface area contributed by atoms with Crippen LogP contribution in [0.2, 0.25) is 0 Å². The van der Waals surface area contributed by atoms with Crippen LogP contribution in [0.5, 0.6) is 0 Å². The molecule has 0 bridgehead atoms. The van der Waals surface area contributed by atoms with Gasteiger partial charge in [0, 0.05) is 28.8 Å². The molecule has 37 heavy (non-hydrogen) atoms. The summed E-state index contributed by atoms with van der Waals surface area (Å²) in [6.07, 6.45) is 8.83. The highest BCUT2D eigenvalue weighted by Crippen LogP contribution is 2.31. The van der Waals surface area contributed by atoms with Gasteiger partial charge in [0.1, 0.15) is 5.69 Å². The van der Waals surface area contributed by atoms with E-state index in [1.807, 2.05) is 18.6 Å². The van der Waals surface area contributed by atoms with Gasteiger partial charge >= 0.3 is 0 Å². The second-order valence-corrected chi connectivity index (χ2v) is 9.60. The number of aromatic nitrogens is 2. The predicted molar refractivity (Wildman–Crippen MR) is 139 cm³/mol. The Labute approximate surface area is 213 Å². The Balaban J connectivity index is 1.87. The van der Waals surface area contributed by atoms with Crippen molar-refractivity contribution in [2.75, 3.05) is 5.32 Å². The first-order chi connectivity index (χ1) is 17.6. The number of nitro benzene ring substituents is 1. The van der Waals surface area contributed by atoms with Crippen LogP contribution in [0.25, 0.3) is 22.8 Å². The average molecular weight is 522 g/mol. The molecule has 3 aromatic rings. The summed E-state index contributed by atoms with van der Waals surface area (Å²) in [5, 5.41) is 18.4. The smallest absolute Gasteiger partial charge is 0.293 e. The molecule has 0 radical (unpaired) electrons. The molecule has 2 N–H and O–H groups in total. The van der Waals surface area contributed by atoms with E-state index in [0.29, 0.717) is 16.8 Å². The lowest BCUT2D eigenvalue weighted by Crippen LogP contribution is -2.31. The Morgan fingerprint density at radius 3 is 2.62 bits per heavy atom. The van der Waals surface area contributed by atoms with E-state index in [-0.39, 0.29) is 33.9 Å². The van der Waals surface area contributed by atoms with E-state index >= 15 is 0 Å². The lowest BCUT2D eigenvalue weighted by molar-refractivity contribution is -0.383. The monoisotopic (exact) mass is 521 g/mol. The summed E-state index contributed by atoms with van der Waals surface area (Å²) in [5.74, 6) is 1.45. The first kappa shape index (κ1) is 26.8. The fourth-order valence-corrected chi connectivity index (χ4v) is 4.25. The van der Waals surface area contributed by atoms with Crippen LogP contribution in [0, 0.1) is 22.5 Å². The summed E-state index contributed by atoms with van der Waals surface area (Å²) >= 11 is 0. The third-order valence-corrected chi connectivity index (χ3v) is 6.31. The fourth-order valence-electron chi connectivity index (χ4n) is 3.22. The number of hydrogen-bond donors (Lipinski definition) is 2. The van der Waals surface area contributed by atoms with Crippen LogP contribution >= 0.6 is 0 Å². The highest BCUT2D eigenvalue weighted by molar-refractivity contribution is 7.94. The van der Waals surface area contributed by atoms with Crippen molar-refractivity contribution >= 4 is 27.3 Å². The molecule has 12 heteroatoms. The topological polar surface area (TPSA) is 157 Å². The van der Waals surface area contributed by atoms with Crippen molar-refractivity contribution in [1.29, 1.82) is 0 Å². The van der Waals surface area contributed by atoms with Gasteiger partial charge in [-0.15, -0.1) is 6.42 Å². The van der Waals surface area contributed by atoms with Crippen LogP contribution in [0.3, 0.4) is 0 Å². The number of carbonyl (C=O) groups is 1. The molecule has 0 fully saturated rings. The van der Waals surface area contributed by atoms with Gasteiger partial charge in [0.05, 0.1) is 9.83 Å². The zero-order valence-corrected chi connectivity index (χ0v) is 20.9. The molecular weight excluding hydrogens is 498 g/mol. The van der Waals surface area contributed by atoms with Crippen LogP contribution < -0.4 is 10.0 Å². The number of sulfonamides is 1. The molecule has 3 rings (SSSR count).